The van der Waals surface area contributed by atoms with E-state index in [-0.39, 0.29) is 5.78 Å². The molecule has 0 aliphatic rings. The quantitative estimate of drug-likeness (QED) is 0.580. The fourth-order valence-electron chi connectivity index (χ4n) is 1.72. The Balaban J connectivity index is 1.81. The van der Waals surface area contributed by atoms with Gasteiger partial charge in [-0.15, -0.1) is 0 Å². The van der Waals surface area contributed by atoms with Gasteiger partial charge in [-0.1, -0.05) is 60.1 Å². The zero-order valence-corrected chi connectivity index (χ0v) is 11.2. The van der Waals surface area contributed by atoms with Gasteiger partial charge in [0.25, 0.3) is 0 Å². The number of alkyl halides is 1. The summed E-state index contributed by atoms with van der Waals surface area (Å²) >= 11 is 6.07. The third-order valence-corrected chi connectivity index (χ3v) is 3.01. The molecule has 2 rings (SSSR count). The van der Waals surface area contributed by atoms with Gasteiger partial charge in [-0.2, -0.15) is 0 Å². The number of hydrogen-bond acceptors (Lipinski definition) is 2. The largest absolute Gasteiger partial charge is 0.475 e. The van der Waals surface area contributed by atoms with E-state index in [1.807, 2.05) is 60.7 Å². The SMILES string of the molecule is O=C(CCC(Cl)Oc1ccccc1)c1ccccc1. The van der Waals surface area contributed by atoms with E-state index in [9.17, 15) is 4.79 Å². The molecule has 0 saturated heterocycles. The molecule has 0 aliphatic heterocycles. The van der Waals surface area contributed by atoms with Crippen LogP contribution in [-0.4, -0.2) is 11.3 Å². The van der Waals surface area contributed by atoms with E-state index in [4.69, 9.17) is 16.3 Å². The first-order valence-corrected chi connectivity index (χ1v) is 6.63. The molecule has 1 atom stereocenters. The lowest BCUT2D eigenvalue weighted by molar-refractivity contribution is 0.0969. The van der Waals surface area contributed by atoms with E-state index in [2.05, 4.69) is 0 Å². The molecule has 0 radical (unpaired) electrons. The van der Waals surface area contributed by atoms with Crippen molar-refractivity contribution in [3.8, 4) is 5.75 Å². The number of carbonyl (C=O) groups excluding carboxylic acids is 1. The van der Waals surface area contributed by atoms with Gasteiger partial charge in [0.15, 0.2) is 11.3 Å². The highest BCUT2D eigenvalue weighted by molar-refractivity contribution is 6.20. The zero-order valence-electron chi connectivity index (χ0n) is 10.5. The number of halogens is 1. The first-order valence-electron chi connectivity index (χ1n) is 6.20. The van der Waals surface area contributed by atoms with E-state index in [0.29, 0.717) is 18.4 Å². The fourth-order valence-corrected chi connectivity index (χ4v) is 1.93. The van der Waals surface area contributed by atoms with Crippen molar-refractivity contribution in [3.63, 3.8) is 0 Å². The van der Waals surface area contributed by atoms with Gasteiger partial charge in [0.2, 0.25) is 0 Å². The topological polar surface area (TPSA) is 26.3 Å². The van der Waals surface area contributed by atoms with Crippen LogP contribution >= 0.6 is 11.6 Å². The van der Waals surface area contributed by atoms with Crippen LogP contribution in [0.1, 0.15) is 23.2 Å². The summed E-state index contributed by atoms with van der Waals surface area (Å²) in [6.07, 6.45) is 0.870. The van der Waals surface area contributed by atoms with Crippen LogP contribution in [0.3, 0.4) is 0 Å². The van der Waals surface area contributed by atoms with Crippen LogP contribution in [0.2, 0.25) is 0 Å². The van der Waals surface area contributed by atoms with Crippen LogP contribution in [0.15, 0.2) is 60.7 Å². The van der Waals surface area contributed by atoms with Gasteiger partial charge in [0.1, 0.15) is 5.75 Å². The van der Waals surface area contributed by atoms with E-state index >= 15 is 0 Å². The molecule has 0 spiro atoms. The third kappa shape index (κ3) is 4.42. The molecule has 0 N–H and O–H groups in total. The minimum atomic E-state index is -0.491. The molecule has 0 aromatic heterocycles. The Morgan fingerprint density at radius 2 is 1.58 bits per heavy atom. The summed E-state index contributed by atoms with van der Waals surface area (Å²) in [7, 11) is 0. The van der Waals surface area contributed by atoms with E-state index in [1.165, 1.54) is 0 Å². The summed E-state index contributed by atoms with van der Waals surface area (Å²) in [6.45, 7) is 0. The van der Waals surface area contributed by atoms with Crippen molar-refractivity contribution < 1.29 is 9.53 Å². The molecule has 2 nitrogen and oxygen atoms in total. The van der Waals surface area contributed by atoms with Crippen LogP contribution in [-0.2, 0) is 0 Å². The number of carbonyl (C=O) groups is 1. The fraction of sp³-hybridized carbons (Fsp3) is 0.188. The Bertz CT molecular complexity index is 511. The van der Waals surface area contributed by atoms with E-state index < -0.39 is 5.56 Å². The summed E-state index contributed by atoms with van der Waals surface area (Å²) in [5.41, 5.74) is 0.223. The molecule has 0 bridgehead atoms. The highest BCUT2D eigenvalue weighted by Crippen LogP contribution is 2.17. The lowest BCUT2D eigenvalue weighted by atomic mass is 10.1. The number of hydrogen-bond donors (Lipinski definition) is 0. The molecule has 0 amide bonds. The smallest absolute Gasteiger partial charge is 0.172 e. The Hall–Kier alpha value is -1.80. The van der Waals surface area contributed by atoms with Gasteiger partial charge in [0.05, 0.1) is 0 Å². The second-order valence-corrected chi connectivity index (χ2v) is 4.66. The van der Waals surface area contributed by atoms with Crippen LogP contribution in [0.4, 0.5) is 0 Å². The molecule has 0 saturated carbocycles. The van der Waals surface area contributed by atoms with Crippen molar-refractivity contribution in [2.75, 3.05) is 0 Å². The van der Waals surface area contributed by atoms with Gasteiger partial charge in [-0.05, 0) is 12.1 Å². The lowest BCUT2D eigenvalue weighted by Gasteiger charge is -2.12. The summed E-state index contributed by atoms with van der Waals surface area (Å²) in [4.78, 5) is 11.9. The molecule has 98 valence electrons. The zero-order chi connectivity index (χ0) is 13.5. The Morgan fingerprint density at radius 3 is 2.21 bits per heavy atom. The average molecular weight is 275 g/mol. The normalized spacial score (nSPS) is 11.8. The second kappa shape index (κ2) is 6.95. The monoisotopic (exact) mass is 274 g/mol. The van der Waals surface area contributed by atoms with Crippen molar-refractivity contribution in [3.05, 3.63) is 66.2 Å². The van der Waals surface area contributed by atoms with Gasteiger partial charge in [-0.25, -0.2) is 0 Å². The van der Waals surface area contributed by atoms with E-state index in [1.54, 1.807) is 0 Å². The molecule has 0 aliphatic carbocycles. The first-order chi connectivity index (χ1) is 9.25. The minimum absolute atomic E-state index is 0.0860. The van der Waals surface area contributed by atoms with Crippen molar-refractivity contribution in [1.82, 2.24) is 0 Å². The van der Waals surface area contributed by atoms with Crippen LogP contribution < -0.4 is 4.74 Å². The first kappa shape index (κ1) is 13.6. The Morgan fingerprint density at radius 1 is 1.00 bits per heavy atom. The predicted octanol–water partition coefficient (Wildman–Crippen LogP) is 4.29. The number of benzene rings is 2. The summed E-state index contributed by atoms with van der Waals surface area (Å²) < 4.78 is 5.51. The van der Waals surface area contributed by atoms with Crippen LogP contribution in [0.25, 0.3) is 0 Å². The van der Waals surface area contributed by atoms with Gasteiger partial charge >= 0.3 is 0 Å². The molecule has 0 heterocycles. The number of ether oxygens (including phenoxy) is 1. The molecule has 2 aromatic carbocycles. The average Bonchev–Trinajstić information content (AvgIpc) is 2.47. The molecule has 2 aromatic rings. The molecule has 19 heavy (non-hydrogen) atoms. The maximum Gasteiger partial charge on any atom is 0.172 e. The van der Waals surface area contributed by atoms with Gasteiger partial charge in [0, 0.05) is 18.4 Å². The Labute approximate surface area is 118 Å². The summed E-state index contributed by atoms with van der Waals surface area (Å²) in [5, 5.41) is 0. The number of para-hydroxylation sites is 1. The summed E-state index contributed by atoms with van der Waals surface area (Å²) in [5.74, 6) is 0.803. The number of rotatable bonds is 6. The second-order valence-electron chi connectivity index (χ2n) is 4.17. The van der Waals surface area contributed by atoms with Crippen molar-refractivity contribution in [1.29, 1.82) is 0 Å². The minimum Gasteiger partial charge on any atom is -0.475 e. The van der Waals surface area contributed by atoms with Crippen LogP contribution in [0.5, 0.6) is 5.75 Å². The lowest BCUT2D eigenvalue weighted by Crippen LogP contribution is -2.11. The van der Waals surface area contributed by atoms with Crippen molar-refractivity contribution >= 4 is 17.4 Å². The summed E-state index contributed by atoms with van der Waals surface area (Å²) in [6, 6.07) is 18.6. The maximum atomic E-state index is 11.9. The van der Waals surface area contributed by atoms with Crippen molar-refractivity contribution in [2.24, 2.45) is 0 Å². The van der Waals surface area contributed by atoms with Crippen LogP contribution in [0, 0.1) is 0 Å². The maximum absolute atomic E-state index is 11.9. The molecular weight excluding hydrogens is 260 g/mol. The number of Topliss-reactive ketones (excluding diaryl/α,β-unsaturated/α-hetero) is 1. The molecule has 3 heteroatoms. The highest BCUT2D eigenvalue weighted by atomic mass is 35.5. The predicted molar refractivity (Wildman–Crippen MR) is 76.7 cm³/mol. The van der Waals surface area contributed by atoms with Gasteiger partial charge < -0.3 is 4.74 Å². The Kier molecular flexibility index (Phi) is 4.99. The number of ketones is 1. The van der Waals surface area contributed by atoms with Crippen molar-refractivity contribution in [2.45, 2.75) is 18.4 Å². The third-order valence-electron chi connectivity index (χ3n) is 2.70. The molecular formula is C16H15ClO2. The standard InChI is InChI=1S/C16H15ClO2/c17-16(19-14-9-5-2-6-10-14)12-11-15(18)13-7-3-1-4-8-13/h1-10,16H,11-12H2. The highest BCUT2D eigenvalue weighted by Gasteiger charge is 2.11. The van der Waals surface area contributed by atoms with E-state index in [0.717, 1.165) is 5.75 Å². The molecule has 0 fully saturated rings. The molecule has 1 unspecified atom stereocenters. The van der Waals surface area contributed by atoms with Gasteiger partial charge in [-0.3, -0.25) is 4.79 Å².